The average Bonchev–Trinajstić information content (AvgIpc) is 3.14. The van der Waals surface area contributed by atoms with Crippen LogP contribution in [-0.4, -0.2) is 35.4 Å². The molecular formula is C20H20FN3O4S. The molecule has 1 aromatic heterocycles. The van der Waals surface area contributed by atoms with Crippen LogP contribution in [0, 0.1) is 5.82 Å². The van der Waals surface area contributed by atoms with Gasteiger partial charge in [-0.3, -0.25) is 14.5 Å². The van der Waals surface area contributed by atoms with E-state index in [4.69, 9.17) is 4.74 Å². The van der Waals surface area contributed by atoms with Crippen LogP contribution in [0.4, 0.5) is 15.2 Å². The van der Waals surface area contributed by atoms with E-state index in [2.05, 4.69) is 16.9 Å². The molecule has 0 saturated heterocycles. The molecule has 2 amide bonds. The van der Waals surface area contributed by atoms with E-state index in [9.17, 15) is 18.8 Å². The number of ether oxygens (including phenoxy) is 1. The highest BCUT2D eigenvalue weighted by Crippen LogP contribution is 2.30. The minimum absolute atomic E-state index is 0.0867. The Kier molecular flexibility index (Phi) is 7.79. The van der Waals surface area contributed by atoms with Crippen LogP contribution in [0.3, 0.4) is 0 Å². The number of carbonyl (C=O) groups is 3. The molecular weight excluding hydrogens is 397 g/mol. The Balaban J connectivity index is 2.08. The SMILES string of the molecule is C=CCNC(=O)[C@@H](C)OC(=O)/C=C/c1csc(N(C(C)=O)c2ccccc2F)n1. The van der Waals surface area contributed by atoms with Gasteiger partial charge in [0.25, 0.3) is 5.91 Å². The fourth-order valence-corrected chi connectivity index (χ4v) is 3.08. The first-order valence-corrected chi connectivity index (χ1v) is 9.49. The maximum Gasteiger partial charge on any atom is 0.331 e. The number of halogens is 1. The molecule has 1 aromatic carbocycles. The van der Waals surface area contributed by atoms with E-state index in [0.29, 0.717) is 5.69 Å². The number of aromatic nitrogens is 1. The number of rotatable bonds is 8. The molecule has 0 spiro atoms. The molecule has 2 aromatic rings. The van der Waals surface area contributed by atoms with Gasteiger partial charge in [0.05, 0.1) is 11.4 Å². The summed E-state index contributed by atoms with van der Waals surface area (Å²) in [6.07, 6.45) is 3.05. The lowest BCUT2D eigenvalue weighted by molar-refractivity contribution is -0.150. The molecule has 0 aliphatic rings. The highest BCUT2D eigenvalue weighted by Gasteiger charge is 2.20. The average molecular weight is 417 g/mol. The molecule has 29 heavy (non-hydrogen) atoms. The highest BCUT2D eigenvalue weighted by atomic mass is 32.1. The zero-order chi connectivity index (χ0) is 21.4. The quantitative estimate of drug-likeness (QED) is 0.405. The molecule has 2 rings (SSSR count). The molecule has 0 radical (unpaired) electrons. The number of nitrogens with one attached hydrogen (secondary N) is 1. The van der Waals surface area contributed by atoms with Crippen LogP contribution < -0.4 is 10.2 Å². The molecule has 7 nitrogen and oxygen atoms in total. The van der Waals surface area contributed by atoms with Gasteiger partial charge in [-0.1, -0.05) is 18.2 Å². The van der Waals surface area contributed by atoms with Crippen LogP contribution >= 0.6 is 11.3 Å². The van der Waals surface area contributed by atoms with Crippen molar-refractivity contribution in [2.75, 3.05) is 11.4 Å². The van der Waals surface area contributed by atoms with E-state index >= 15 is 0 Å². The maximum atomic E-state index is 14.1. The second kappa shape index (κ2) is 10.3. The summed E-state index contributed by atoms with van der Waals surface area (Å²) < 4.78 is 19.1. The van der Waals surface area contributed by atoms with Crippen molar-refractivity contribution in [3.05, 3.63) is 59.9 Å². The van der Waals surface area contributed by atoms with Crippen LogP contribution in [0.5, 0.6) is 0 Å². The minimum atomic E-state index is -0.965. The van der Waals surface area contributed by atoms with Crippen LogP contribution in [0.2, 0.25) is 0 Å². The molecule has 0 aliphatic heterocycles. The number of carbonyl (C=O) groups excluding carboxylic acids is 3. The van der Waals surface area contributed by atoms with E-state index < -0.39 is 29.7 Å². The van der Waals surface area contributed by atoms with Crippen molar-refractivity contribution >= 4 is 46.0 Å². The zero-order valence-corrected chi connectivity index (χ0v) is 16.7. The molecule has 0 unspecified atom stereocenters. The van der Waals surface area contributed by atoms with Crippen LogP contribution in [0.15, 0.2) is 48.4 Å². The normalized spacial score (nSPS) is 11.7. The minimum Gasteiger partial charge on any atom is -0.449 e. The van der Waals surface area contributed by atoms with Crippen molar-refractivity contribution in [1.82, 2.24) is 10.3 Å². The number of thiazole rings is 1. The Labute approximate surface area is 171 Å². The van der Waals surface area contributed by atoms with Crippen molar-refractivity contribution in [1.29, 1.82) is 0 Å². The topological polar surface area (TPSA) is 88.6 Å². The monoisotopic (exact) mass is 417 g/mol. The van der Waals surface area contributed by atoms with Gasteiger partial charge in [0.2, 0.25) is 5.91 Å². The van der Waals surface area contributed by atoms with Crippen LogP contribution in [-0.2, 0) is 19.1 Å². The number of esters is 1. The first-order valence-electron chi connectivity index (χ1n) is 8.61. The Hall–Kier alpha value is -3.33. The van der Waals surface area contributed by atoms with Gasteiger partial charge in [-0.15, -0.1) is 17.9 Å². The number of hydrogen-bond acceptors (Lipinski definition) is 6. The lowest BCUT2D eigenvalue weighted by Gasteiger charge is -2.18. The fourth-order valence-electron chi connectivity index (χ4n) is 2.23. The van der Waals surface area contributed by atoms with E-state index in [1.807, 2.05) is 0 Å². The summed E-state index contributed by atoms with van der Waals surface area (Å²) in [4.78, 5) is 41.0. The van der Waals surface area contributed by atoms with Crippen LogP contribution in [0.25, 0.3) is 6.08 Å². The number of anilines is 2. The molecule has 0 aliphatic carbocycles. The predicted molar refractivity (Wildman–Crippen MR) is 109 cm³/mol. The molecule has 1 N–H and O–H groups in total. The third-order valence-corrected chi connectivity index (χ3v) is 4.43. The largest absolute Gasteiger partial charge is 0.449 e. The lowest BCUT2D eigenvalue weighted by Crippen LogP contribution is -2.35. The molecule has 9 heteroatoms. The second-order valence-corrected chi connectivity index (χ2v) is 6.64. The van der Waals surface area contributed by atoms with Gasteiger partial charge >= 0.3 is 5.97 Å². The van der Waals surface area contributed by atoms with Gasteiger partial charge < -0.3 is 10.1 Å². The van der Waals surface area contributed by atoms with Crippen molar-refractivity contribution in [3.63, 3.8) is 0 Å². The lowest BCUT2D eigenvalue weighted by atomic mass is 10.3. The van der Waals surface area contributed by atoms with Gasteiger partial charge in [0.15, 0.2) is 11.2 Å². The summed E-state index contributed by atoms with van der Waals surface area (Å²) in [5.74, 6) is -2.12. The molecule has 1 heterocycles. The Morgan fingerprint density at radius 2 is 2.10 bits per heavy atom. The highest BCUT2D eigenvalue weighted by molar-refractivity contribution is 7.14. The van der Waals surface area contributed by atoms with Gasteiger partial charge in [-0.2, -0.15) is 0 Å². The third-order valence-electron chi connectivity index (χ3n) is 3.58. The molecule has 152 valence electrons. The van der Waals surface area contributed by atoms with Gasteiger partial charge in [-0.05, 0) is 25.1 Å². The van der Waals surface area contributed by atoms with E-state index in [1.165, 1.54) is 44.2 Å². The standard InChI is InChI=1S/C20H20FN3O4S/c1-4-11-22-19(27)13(2)28-18(26)10-9-15-12-29-20(23-15)24(14(3)25)17-8-6-5-7-16(17)21/h4-10,12-13H,1,11H2,2-3H3,(H,22,27)/b10-9+/t13-/m1/s1. The number of hydrogen-bond donors (Lipinski definition) is 1. The van der Waals surface area contributed by atoms with Crippen LogP contribution in [0.1, 0.15) is 19.5 Å². The molecule has 0 bridgehead atoms. The number of para-hydroxylation sites is 1. The summed E-state index contributed by atoms with van der Waals surface area (Å²) in [6, 6.07) is 5.87. The van der Waals surface area contributed by atoms with Crippen molar-refractivity contribution in [3.8, 4) is 0 Å². The summed E-state index contributed by atoms with van der Waals surface area (Å²) in [5.41, 5.74) is 0.469. The molecule has 1 atom stereocenters. The third kappa shape index (κ3) is 6.08. The Bertz CT molecular complexity index is 941. The number of benzene rings is 1. The van der Waals surface area contributed by atoms with E-state index in [-0.39, 0.29) is 17.4 Å². The first kappa shape index (κ1) is 22.0. The van der Waals surface area contributed by atoms with E-state index in [0.717, 1.165) is 22.3 Å². The predicted octanol–water partition coefficient (Wildman–Crippen LogP) is 3.21. The summed E-state index contributed by atoms with van der Waals surface area (Å²) in [5, 5.41) is 4.39. The zero-order valence-electron chi connectivity index (χ0n) is 15.9. The van der Waals surface area contributed by atoms with E-state index in [1.54, 1.807) is 11.4 Å². The van der Waals surface area contributed by atoms with Gasteiger partial charge in [-0.25, -0.2) is 14.2 Å². The number of amides is 2. The Morgan fingerprint density at radius 3 is 2.76 bits per heavy atom. The van der Waals surface area contributed by atoms with Crippen molar-refractivity contribution in [2.45, 2.75) is 20.0 Å². The Morgan fingerprint density at radius 1 is 1.38 bits per heavy atom. The van der Waals surface area contributed by atoms with Gasteiger partial charge in [0.1, 0.15) is 5.82 Å². The summed E-state index contributed by atoms with van der Waals surface area (Å²) in [7, 11) is 0. The molecule has 0 saturated carbocycles. The fraction of sp³-hybridized carbons (Fsp3) is 0.200. The maximum absolute atomic E-state index is 14.1. The van der Waals surface area contributed by atoms with Crippen molar-refractivity contribution < 1.29 is 23.5 Å². The smallest absolute Gasteiger partial charge is 0.331 e. The second-order valence-electron chi connectivity index (χ2n) is 5.81. The van der Waals surface area contributed by atoms with Gasteiger partial charge in [0, 0.05) is 24.9 Å². The van der Waals surface area contributed by atoms with Crippen molar-refractivity contribution in [2.24, 2.45) is 0 Å². The summed E-state index contributed by atoms with van der Waals surface area (Å²) in [6.45, 7) is 6.50. The summed E-state index contributed by atoms with van der Waals surface area (Å²) >= 11 is 1.12. The first-order chi connectivity index (χ1) is 13.8. The number of nitrogens with zero attached hydrogens (tertiary/aromatic N) is 2. The molecule has 0 fully saturated rings.